The van der Waals surface area contributed by atoms with Crippen LogP contribution in [0.15, 0.2) is 121 Å². The molecule has 68 heavy (non-hydrogen) atoms. The minimum absolute atomic E-state index is 0.00651. The SMILES string of the molecule is O=C(OCc1ccccc1)C1=CC2c3sc(/C=C4\C(=O)C(=O)c5cc(C(F)(F)F)ccc54)cc3C(C(=O)OCc3ccccc3)=CC2c2sc(/C=C3\C(=O)C(=O)c4cc(C(F)(F)F)ccc43)cc21. The molecule has 16 heteroatoms. The number of esters is 2. The van der Waals surface area contributed by atoms with Crippen LogP contribution in [-0.2, 0) is 54.2 Å². The summed E-state index contributed by atoms with van der Waals surface area (Å²) in [5.74, 6) is -7.10. The van der Waals surface area contributed by atoms with Crippen molar-refractivity contribution in [3.63, 3.8) is 0 Å². The third-order valence-corrected chi connectivity index (χ3v) is 14.3. The summed E-state index contributed by atoms with van der Waals surface area (Å²) in [6.45, 7) is -0.209. The maximum Gasteiger partial charge on any atom is 0.416 e. The van der Waals surface area contributed by atoms with Gasteiger partial charge in [0.15, 0.2) is 0 Å². The van der Waals surface area contributed by atoms with Gasteiger partial charge in [-0.1, -0.05) is 84.9 Å². The van der Waals surface area contributed by atoms with Crippen LogP contribution in [0, 0.1) is 0 Å². The number of halogens is 6. The van der Waals surface area contributed by atoms with Crippen LogP contribution in [0.2, 0.25) is 0 Å². The Labute approximate surface area is 389 Å². The van der Waals surface area contributed by atoms with Crippen molar-refractivity contribution in [2.24, 2.45) is 0 Å². The molecule has 8 nitrogen and oxygen atoms in total. The Kier molecular flexibility index (Phi) is 10.8. The largest absolute Gasteiger partial charge is 0.457 e. The average molecular weight is 959 g/mol. The van der Waals surface area contributed by atoms with Crippen LogP contribution in [-0.4, -0.2) is 35.1 Å². The summed E-state index contributed by atoms with van der Waals surface area (Å²) in [7, 11) is 0. The number of alkyl halides is 6. The van der Waals surface area contributed by atoms with Crippen LogP contribution in [0.3, 0.4) is 0 Å². The number of ketones is 4. The zero-order valence-corrected chi connectivity index (χ0v) is 36.3. The van der Waals surface area contributed by atoms with Crippen molar-refractivity contribution in [1.29, 1.82) is 0 Å². The molecule has 10 rings (SSSR count). The molecule has 2 unspecified atom stereocenters. The first-order valence-corrected chi connectivity index (χ1v) is 22.3. The van der Waals surface area contributed by atoms with E-state index in [0.717, 1.165) is 46.9 Å². The predicted molar refractivity (Wildman–Crippen MR) is 240 cm³/mol. The summed E-state index contributed by atoms with van der Waals surface area (Å²) in [4.78, 5) is 83.0. The molecule has 0 saturated carbocycles. The van der Waals surface area contributed by atoms with Gasteiger partial charge >= 0.3 is 24.3 Å². The Morgan fingerprint density at radius 1 is 0.485 bits per heavy atom. The normalized spacial score (nSPS) is 18.4. The van der Waals surface area contributed by atoms with E-state index in [1.54, 1.807) is 84.9 Å². The van der Waals surface area contributed by atoms with Crippen molar-refractivity contribution in [1.82, 2.24) is 0 Å². The van der Waals surface area contributed by atoms with Crippen LogP contribution >= 0.6 is 22.7 Å². The maximum absolute atomic E-state index is 14.2. The van der Waals surface area contributed by atoms with Crippen LogP contribution < -0.4 is 0 Å². The second-order valence-electron chi connectivity index (χ2n) is 16.1. The second kappa shape index (κ2) is 16.6. The van der Waals surface area contributed by atoms with Crippen molar-refractivity contribution in [3.05, 3.63) is 196 Å². The fourth-order valence-corrected chi connectivity index (χ4v) is 11.2. The molecule has 338 valence electrons. The van der Waals surface area contributed by atoms with E-state index in [2.05, 4.69) is 0 Å². The first-order valence-electron chi connectivity index (χ1n) is 20.6. The molecular formula is C52H28F6O8S2. The first-order chi connectivity index (χ1) is 32.4. The number of carbonyl (C=O) groups excluding carboxylic acids is 6. The molecule has 4 aromatic carbocycles. The van der Waals surface area contributed by atoms with E-state index in [0.29, 0.717) is 53.9 Å². The van der Waals surface area contributed by atoms with Crippen molar-refractivity contribution >= 4 is 92.2 Å². The molecular weight excluding hydrogens is 931 g/mol. The standard InChI is InChI=1S/C52H28F6O8S2/c53-51(54,55)27-11-13-31-33(15-27)43(59)45(61)35(31)17-29-19-37-41(49(63)65-23-25-7-3-1-4-8-25)21-39-40(47(37)67-29)22-42(50(64)66-24-26-9-5-2-6-10-26)38-20-30(68-48(38)39)18-36-32-14-12-28(52(56,57)58)16-34(32)44(60)46(36)62/h1-22,39-40H,23-24H2/b35-17-,36-18-. The number of fused-ring (bicyclic) bond motifs is 7. The molecule has 2 heterocycles. The molecule has 2 atom stereocenters. The molecule has 2 aromatic heterocycles. The molecule has 4 aliphatic rings. The van der Waals surface area contributed by atoms with E-state index in [9.17, 15) is 55.1 Å². The van der Waals surface area contributed by atoms with Gasteiger partial charge in [-0.15, -0.1) is 22.7 Å². The number of hydrogen-bond acceptors (Lipinski definition) is 10. The average Bonchev–Trinajstić information content (AvgIpc) is 4.07. The molecule has 4 aliphatic carbocycles. The molecule has 0 radical (unpaired) electrons. The van der Waals surface area contributed by atoms with Gasteiger partial charge in [-0.05, 0) is 70.8 Å². The molecule has 0 bridgehead atoms. The number of allylic oxidation sites excluding steroid dienone is 4. The van der Waals surface area contributed by atoms with E-state index in [4.69, 9.17) is 9.47 Å². The van der Waals surface area contributed by atoms with Gasteiger partial charge in [0.2, 0.25) is 23.1 Å². The molecule has 0 saturated heterocycles. The Balaban J connectivity index is 1.10. The topological polar surface area (TPSA) is 121 Å². The van der Waals surface area contributed by atoms with Gasteiger partial charge in [0.05, 0.1) is 22.3 Å². The van der Waals surface area contributed by atoms with Gasteiger partial charge in [-0.2, -0.15) is 26.3 Å². The highest BCUT2D eigenvalue weighted by Crippen LogP contribution is 2.55. The van der Waals surface area contributed by atoms with Crippen LogP contribution in [0.4, 0.5) is 26.3 Å². The first kappa shape index (κ1) is 44.3. The van der Waals surface area contributed by atoms with Crippen molar-refractivity contribution in [3.8, 4) is 0 Å². The minimum atomic E-state index is -4.77. The molecule has 0 spiro atoms. The third kappa shape index (κ3) is 7.88. The summed E-state index contributed by atoms with van der Waals surface area (Å²) >= 11 is 2.24. The fraction of sp³-hybridized carbons (Fsp3) is 0.115. The summed E-state index contributed by atoms with van der Waals surface area (Å²) in [5.41, 5.74) is -0.939. The van der Waals surface area contributed by atoms with Crippen molar-refractivity contribution in [2.75, 3.05) is 0 Å². The molecule has 0 amide bonds. The zero-order chi connectivity index (χ0) is 47.8. The number of ether oxygens (including phenoxy) is 2. The van der Waals surface area contributed by atoms with Crippen molar-refractivity contribution in [2.45, 2.75) is 37.4 Å². The number of carbonyl (C=O) groups is 6. The maximum atomic E-state index is 14.2. The van der Waals surface area contributed by atoms with Crippen LogP contribution in [0.5, 0.6) is 0 Å². The van der Waals surface area contributed by atoms with Gasteiger partial charge < -0.3 is 9.47 Å². The van der Waals surface area contributed by atoms with Crippen molar-refractivity contribution < 1.29 is 64.6 Å². The van der Waals surface area contributed by atoms with E-state index in [-0.39, 0.29) is 46.6 Å². The fourth-order valence-electron chi connectivity index (χ4n) is 8.68. The summed E-state index contributed by atoms with van der Waals surface area (Å²) in [6.07, 6.45) is -3.43. The van der Waals surface area contributed by atoms with Gasteiger partial charge in [0, 0.05) is 64.7 Å². The lowest BCUT2D eigenvalue weighted by molar-refractivity contribution is -0.138. The lowest BCUT2D eigenvalue weighted by Gasteiger charge is -2.32. The van der Waals surface area contributed by atoms with E-state index < -0.39 is 81.5 Å². The Hall–Kier alpha value is -7.56. The molecule has 0 N–H and O–H groups in total. The van der Waals surface area contributed by atoms with E-state index >= 15 is 0 Å². The summed E-state index contributed by atoms with van der Waals surface area (Å²) in [5, 5.41) is 0. The minimum Gasteiger partial charge on any atom is -0.457 e. The summed E-state index contributed by atoms with van der Waals surface area (Å²) < 4.78 is 93.3. The quantitative estimate of drug-likeness (QED) is 0.0640. The predicted octanol–water partition coefficient (Wildman–Crippen LogP) is 11.6. The molecule has 6 aromatic rings. The Morgan fingerprint density at radius 2 is 0.868 bits per heavy atom. The van der Waals surface area contributed by atoms with Crippen LogP contribution in [0.1, 0.15) is 96.6 Å². The third-order valence-electron chi connectivity index (χ3n) is 11.9. The van der Waals surface area contributed by atoms with Gasteiger partial charge in [-0.25, -0.2) is 9.59 Å². The second-order valence-corrected chi connectivity index (χ2v) is 18.4. The van der Waals surface area contributed by atoms with Gasteiger partial charge in [0.1, 0.15) is 13.2 Å². The van der Waals surface area contributed by atoms with Gasteiger partial charge in [-0.3, -0.25) is 19.2 Å². The lowest BCUT2D eigenvalue weighted by Crippen LogP contribution is -2.22. The highest BCUT2D eigenvalue weighted by molar-refractivity contribution is 7.14. The number of rotatable bonds is 8. The summed E-state index contributed by atoms with van der Waals surface area (Å²) in [6, 6.07) is 25.9. The number of benzene rings is 4. The monoisotopic (exact) mass is 958 g/mol. The number of thiophene rings is 2. The number of hydrogen-bond donors (Lipinski definition) is 0. The highest BCUT2D eigenvalue weighted by Gasteiger charge is 2.43. The van der Waals surface area contributed by atoms with E-state index in [1.807, 2.05) is 0 Å². The Bertz CT molecular complexity index is 3110. The van der Waals surface area contributed by atoms with Crippen LogP contribution in [0.25, 0.3) is 34.4 Å². The zero-order valence-electron chi connectivity index (χ0n) is 34.6. The highest BCUT2D eigenvalue weighted by atomic mass is 32.1. The van der Waals surface area contributed by atoms with E-state index in [1.165, 1.54) is 12.2 Å². The van der Waals surface area contributed by atoms with Gasteiger partial charge in [0.25, 0.3) is 0 Å². The smallest absolute Gasteiger partial charge is 0.416 e. The molecule has 0 aliphatic heterocycles. The lowest BCUT2D eigenvalue weighted by atomic mass is 9.74. The molecule has 0 fully saturated rings. The Morgan fingerprint density at radius 3 is 1.24 bits per heavy atom. The number of Topliss-reactive ketones (excluding diaryl/α,β-unsaturated/α-hetero) is 4.